The molecule has 2 aliphatic heterocycles. The van der Waals surface area contributed by atoms with Crippen LogP contribution in [0.25, 0.3) is 11.4 Å². The van der Waals surface area contributed by atoms with Gasteiger partial charge in [-0.3, -0.25) is 5.32 Å². The van der Waals surface area contributed by atoms with Crippen molar-refractivity contribution in [3.8, 4) is 11.4 Å². The Balaban J connectivity index is 1.83. The highest BCUT2D eigenvalue weighted by Crippen LogP contribution is 2.39. The Labute approximate surface area is 160 Å². The number of anilines is 2. The number of cyclic esters (lactones) is 1. The summed E-state index contributed by atoms with van der Waals surface area (Å²) >= 11 is 0. The normalized spacial score (nSPS) is 19.2. The minimum Gasteiger partial charge on any atom is -0.435 e. The summed E-state index contributed by atoms with van der Waals surface area (Å²) in [6, 6.07) is 3.83. The lowest BCUT2D eigenvalue weighted by molar-refractivity contribution is -0.0170. The summed E-state index contributed by atoms with van der Waals surface area (Å²) in [7, 11) is 0. The van der Waals surface area contributed by atoms with Crippen molar-refractivity contribution in [3.05, 3.63) is 29.6 Å². The second kappa shape index (κ2) is 7.63. The van der Waals surface area contributed by atoms with Gasteiger partial charge in [0.15, 0.2) is 6.10 Å². The fraction of sp³-hybridized carbons (Fsp3) is 0.444. The number of amides is 1. The van der Waals surface area contributed by atoms with Crippen LogP contribution < -0.4 is 15.5 Å². The van der Waals surface area contributed by atoms with Gasteiger partial charge in [-0.25, -0.2) is 28.5 Å². The minimum atomic E-state index is -2.91. The van der Waals surface area contributed by atoms with Crippen LogP contribution in [0.1, 0.15) is 24.2 Å². The summed E-state index contributed by atoms with van der Waals surface area (Å²) in [5.41, 5.74) is 1.75. The number of fused-ring (bicyclic) bond motifs is 1. The Kier molecular flexibility index (Phi) is 5.03. The Morgan fingerprint density at radius 1 is 1.29 bits per heavy atom. The molecule has 1 saturated heterocycles. The third-order valence-corrected chi connectivity index (χ3v) is 4.82. The number of carbonyl (C=O) groups excluding carboxylic acids is 1. The van der Waals surface area contributed by atoms with Gasteiger partial charge in [0.05, 0.1) is 11.3 Å². The molecule has 0 aliphatic carbocycles. The van der Waals surface area contributed by atoms with E-state index in [1.165, 1.54) is 6.33 Å². The number of nitrogens with one attached hydrogen (secondary N) is 2. The molecule has 10 heteroatoms. The van der Waals surface area contributed by atoms with Crippen LogP contribution in [0.15, 0.2) is 18.5 Å². The van der Waals surface area contributed by atoms with E-state index in [1.807, 2.05) is 19.1 Å². The molecule has 4 rings (SSSR count). The SMILES string of the molecule is CCc1cc(-c2ncnc3c2C(C(F)F)OC(=O)N3)nc(N2CCNCC2)c1. The Morgan fingerprint density at radius 2 is 2.07 bits per heavy atom. The van der Waals surface area contributed by atoms with Gasteiger partial charge in [0.2, 0.25) is 0 Å². The highest BCUT2D eigenvalue weighted by atomic mass is 19.3. The summed E-state index contributed by atoms with van der Waals surface area (Å²) in [6.07, 6.45) is -3.62. The molecule has 2 aromatic rings. The third-order valence-electron chi connectivity index (χ3n) is 4.82. The van der Waals surface area contributed by atoms with Crippen molar-refractivity contribution in [3.63, 3.8) is 0 Å². The molecule has 4 heterocycles. The van der Waals surface area contributed by atoms with Crippen LogP contribution >= 0.6 is 0 Å². The largest absolute Gasteiger partial charge is 0.435 e. The first-order valence-electron chi connectivity index (χ1n) is 9.14. The van der Waals surface area contributed by atoms with Gasteiger partial charge in [-0.2, -0.15) is 0 Å². The van der Waals surface area contributed by atoms with Crippen LogP contribution in [0.5, 0.6) is 0 Å². The van der Waals surface area contributed by atoms with Gasteiger partial charge in [-0.1, -0.05) is 6.92 Å². The van der Waals surface area contributed by atoms with Crippen LogP contribution in [-0.4, -0.2) is 53.6 Å². The molecule has 1 fully saturated rings. The van der Waals surface area contributed by atoms with Crippen LogP contribution in [0.4, 0.5) is 25.2 Å². The highest BCUT2D eigenvalue weighted by molar-refractivity contribution is 5.88. The first-order valence-corrected chi connectivity index (χ1v) is 9.14. The lowest BCUT2D eigenvalue weighted by atomic mass is 10.0. The van der Waals surface area contributed by atoms with E-state index in [0.29, 0.717) is 5.69 Å². The fourth-order valence-corrected chi connectivity index (χ4v) is 3.40. The molecule has 148 valence electrons. The molecule has 0 spiro atoms. The minimum absolute atomic E-state index is 0.0268. The molecular weight excluding hydrogens is 370 g/mol. The number of alkyl halides is 2. The molecule has 2 aromatic heterocycles. The van der Waals surface area contributed by atoms with Gasteiger partial charge in [-0.15, -0.1) is 0 Å². The Bertz CT molecular complexity index is 888. The van der Waals surface area contributed by atoms with E-state index < -0.39 is 18.6 Å². The van der Waals surface area contributed by atoms with E-state index in [2.05, 4.69) is 25.5 Å². The maximum atomic E-state index is 13.6. The molecule has 2 N–H and O–H groups in total. The number of hydrogen-bond acceptors (Lipinski definition) is 7. The average Bonchev–Trinajstić information content (AvgIpc) is 2.72. The average molecular weight is 390 g/mol. The summed E-state index contributed by atoms with van der Waals surface area (Å²) in [5, 5.41) is 5.66. The Morgan fingerprint density at radius 3 is 2.79 bits per heavy atom. The number of pyridine rings is 1. The molecule has 2 aliphatic rings. The highest BCUT2D eigenvalue weighted by Gasteiger charge is 2.37. The first kappa shape index (κ1) is 18.5. The van der Waals surface area contributed by atoms with Crippen LogP contribution in [-0.2, 0) is 11.2 Å². The van der Waals surface area contributed by atoms with E-state index in [-0.39, 0.29) is 17.1 Å². The van der Waals surface area contributed by atoms with Gasteiger partial charge in [0.25, 0.3) is 6.43 Å². The van der Waals surface area contributed by atoms with Crippen LogP contribution in [0.2, 0.25) is 0 Å². The zero-order valence-electron chi connectivity index (χ0n) is 15.3. The predicted molar refractivity (Wildman–Crippen MR) is 98.6 cm³/mol. The fourth-order valence-electron chi connectivity index (χ4n) is 3.40. The number of aromatic nitrogens is 3. The van der Waals surface area contributed by atoms with Gasteiger partial charge in [0.1, 0.15) is 23.7 Å². The van der Waals surface area contributed by atoms with Crippen molar-refractivity contribution < 1.29 is 18.3 Å². The van der Waals surface area contributed by atoms with Crippen LogP contribution in [0.3, 0.4) is 0 Å². The molecule has 8 nitrogen and oxygen atoms in total. The van der Waals surface area contributed by atoms with Gasteiger partial charge >= 0.3 is 6.09 Å². The van der Waals surface area contributed by atoms with Crippen molar-refractivity contribution in [2.24, 2.45) is 0 Å². The van der Waals surface area contributed by atoms with Crippen molar-refractivity contribution >= 4 is 17.7 Å². The van der Waals surface area contributed by atoms with Gasteiger partial charge in [-0.05, 0) is 24.1 Å². The monoisotopic (exact) mass is 390 g/mol. The van der Waals surface area contributed by atoms with E-state index in [0.717, 1.165) is 44.0 Å². The standard InChI is InChI=1S/C18H20F2N6O2/c1-2-10-7-11(24-12(8-10)26-5-3-21-4-6-26)14-13-15(16(19)20)28-18(27)25-17(13)23-9-22-14/h7-9,15-16,21H,2-6H2,1H3,(H,22,23,25,27). The third kappa shape index (κ3) is 3.47. The Hall–Kier alpha value is -2.88. The van der Waals surface area contributed by atoms with Crippen molar-refractivity contribution in [1.29, 1.82) is 0 Å². The zero-order chi connectivity index (χ0) is 19.7. The van der Waals surface area contributed by atoms with E-state index in [4.69, 9.17) is 9.72 Å². The van der Waals surface area contributed by atoms with E-state index >= 15 is 0 Å². The number of aryl methyl sites for hydroxylation is 1. The first-order chi connectivity index (χ1) is 13.6. The summed E-state index contributed by atoms with van der Waals surface area (Å²) < 4.78 is 32.0. The maximum Gasteiger partial charge on any atom is 0.413 e. The van der Waals surface area contributed by atoms with Gasteiger partial charge in [0, 0.05) is 26.2 Å². The zero-order valence-corrected chi connectivity index (χ0v) is 15.3. The molecule has 0 radical (unpaired) electrons. The molecule has 1 amide bonds. The van der Waals surface area contributed by atoms with Crippen molar-refractivity contribution in [2.45, 2.75) is 25.9 Å². The topological polar surface area (TPSA) is 92.3 Å². The number of piperazine rings is 1. The smallest absolute Gasteiger partial charge is 0.413 e. The molecular formula is C18H20F2N6O2. The predicted octanol–water partition coefficient (Wildman–Crippen LogP) is 2.38. The van der Waals surface area contributed by atoms with Gasteiger partial charge < -0.3 is 15.0 Å². The van der Waals surface area contributed by atoms with Crippen molar-refractivity contribution in [1.82, 2.24) is 20.3 Å². The molecule has 1 unspecified atom stereocenters. The van der Waals surface area contributed by atoms with Crippen LogP contribution in [0, 0.1) is 0 Å². The quantitative estimate of drug-likeness (QED) is 0.828. The molecule has 0 bridgehead atoms. The number of rotatable bonds is 4. The number of carbonyl (C=O) groups is 1. The summed E-state index contributed by atoms with van der Waals surface area (Å²) in [5.74, 6) is 0.802. The maximum absolute atomic E-state index is 13.6. The second-order valence-corrected chi connectivity index (χ2v) is 6.58. The number of hydrogen-bond donors (Lipinski definition) is 2. The van der Waals surface area contributed by atoms with E-state index in [1.54, 1.807) is 0 Å². The number of ether oxygens (including phenoxy) is 1. The lowest BCUT2D eigenvalue weighted by Crippen LogP contribution is -2.44. The second-order valence-electron chi connectivity index (χ2n) is 6.58. The molecule has 28 heavy (non-hydrogen) atoms. The number of halogens is 2. The van der Waals surface area contributed by atoms with E-state index in [9.17, 15) is 13.6 Å². The number of nitrogens with zero attached hydrogens (tertiary/aromatic N) is 4. The molecule has 0 aromatic carbocycles. The van der Waals surface area contributed by atoms with Crippen molar-refractivity contribution in [2.75, 3.05) is 36.4 Å². The summed E-state index contributed by atoms with van der Waals surface area (Å²) in [6.45, 7) is 5.33. The molecule has 1 atom stereocenters. The summed E-state index contributed by atoms with van der Waals surface area (Å²) in [4.78, 5) is 26.6. The molecule has 0 saturated carbocycles. The lowest BCUT2D eigenvalue weighted by Gasteiger charge is -2.29.